The van der Waals surface area contributed by atoms with Crippen molar-refractivity contribution in [2.24, 2.45) is 5.10 Å². The highest BCUT2D eigenvalue weighted by Gasteiger charge is 2.15. The molecule has 3 N–H and O–H groups in total. The fraction of sp³-hybridized carbons (Fsp3) is 0.120. The first-order valence-electron chi connectivity index (χ1n) is 10.7. The summed E-state index contributed by atoms with van der Waals surface area (Å²) in [5.74, 6) is -1.08. The van der Waals surface area contributed by atoms with E-state index in [-0.39, 0.29) is 6.61 Å². The molecule has 3 rings (SSSR count). The van der Waals surface area contributed by atoms with E-state index >= 15 is 0 Å². The molecule has 0 heterocycles. The van der Waals surface area contributed by atoms with Crippen molar-refractivity contribution >= 4 is 81.1 Å². The van der Waals surface area contributed by atoms with Crippen molar-refractivity contribution in [1.29, 1.82) is 0 Å². The van der Waals surface area contributed by atoms with Crippen molar-refractivity contribution < 1.29 is 28.6 Å². The van der Waals surface area contributed by atoms with Gasteiger partial charge < -0.3 is 24.8 Å². The zero-order valence-electron chi connectivity index (χ0n) is 20.0. The monoisotopic (exact) mass is 670 g/mol. The first-order chi connectivity index (χ1) is 18.2. The van der Waals surface area contributed by atoms with Gasteiger partial charge in [0.25, 0.3) is 5.91 Å². The summed E-state index contributed by atoms with van der Waals surface area (Å²) in [6, 6.07) is 14.5. The van der Waals surface area contributed by atoms with E-state index < -0.39 is 17.7 Å². The molecule has 38 heavy (non-hydrogen) atoms. The summed E-state index contributed by atoms with van der Waals surface area (Å²) in [5.41, 5.74) is 3.54. The maximum Gasteiger partial charge on any atom is 0.329 e. The zero-order chi connectivity index (χ0) is 27.7. The lowest BCUT2D eigenvalue weighted by molar-refractivity contribution is -0.136. The lowest BCUT2D eigenvalue weighted by Gasteiger charge is -2.13. The second-order valence-corrected chi connectivity index (χ2v) is 9.45. The van der Waals surface area contributed by atoms with Crippen LogP contribution >= 0.6 is 45.8 Å². The maximum absolute atomic E-state index is 12.3. The summed E-state index contributed by atoms with van der Waals surface area (Å²) in [5, 5.41) is 9.70. The number of hydrazone groups is 1. The van der Waals surface area contributed by atoms with Crippen LogP contribution in [0.15, 0.2) is 59.7 Å². The van der Waals surface area contributed by atoms with Gasteiger partial charge in [-0.25, -0.2) is 5.43 Å². The van der Waals surface area contributed by atoms with E-state index in [4.69, 9.17) is 37.4 Å². The topological polar surface area (TPSA) is 127 Å². The summed E-state index contributed by atoms with van der Waals surface area (Å²) in [7, 11) is 2.94. The minimum Gasteiger partial charge on any atom is -0.497 e. The fourth-order valence-electron chi connectivity index (χ4n) is 3.02. The first-order valence-corrected chi connectivity index (χ1v) is 12.6. The van der Waals surface area contributed by atoms with E-state index in [1.807, 2.05) is 22.6 Å². The molecule has 0 saturated carbocycles. The van der Waals surface area contributed by atoms with Crippen LogP contribution in [0.5, 0.6) is 17.2 Å². The van der Waals surface area contributed by atoms with Crippen LogP contribution in [-0.2, 0) is 14.4 Å². The molecule has 3 aromatic carbocycles. The van der Waals surface area contributed by atoms with Gasteiger partial charge in [0.1, 0.15) is 5.75 Å². The molecule has 13 heteroatoms. The number of hydrogen-bond donors (Lipinski definition) is 3. The predicted molar refractivity (Wildman–Crippen MR) is 154 cm³/mol. The van der Waals surface area contributed by atoms with Crippen LogP contribution < -0.4 is 30.3 Å². The predicted octanol–water partition coefficient (Wildman–Crippen LogP) is 4.72. The van der Waals surface area contributed by atoms with Gasteiger partial charge in [0.05, 0.1) is 24.0 Å². The molecule has 198 valence electrons. The molecule has 0 spiro atoms. The van der Waals surface area contributed by atoms with Gasteiger partial charge in [0, 0.05) is 27.5 Å². The summed E-state index contributed by atoms with van der Waals surface area (Å²) in [6.07, 6.45) is 1.33. The summed E-state index contributed by atoms with van der Waals surface area (Å²) in [6.45, 7) is -0.303. The molecular weight excluding hydrogens is 650 g/mol. The number of nitrogens with zero attached hydrogens (tertiary/aromatic N) is 1. The smallest absolute Gasteiger partial charge is 0.329 e. The Morgan fingerprint density at radius 1 is 0.921 bits per heavy atom. The van der Waals surface area contributed by atoms with E-state index in [0.717, 1.165) is 0 Å². The minimum absolute atomic E-state index is 0.303. The SMILES string of the molecule is COc1cccc(NC(=O)C(=O)NN=Cc2cc(I)c(OCC(=O)Nc3cc(Cl)cc(Cl)c3)c(OC)c2)c1. The van der Waals surface area contributed by atoms with Crippen molar-refractivity contribution in [2.75, 3.05) is 31.5 Å². The van der Waals surface area contributed by atoms with Gasteiger partial charge in [-0.1, -0.05) is 29.3 Å². The zero-order valence-corrected chi connectivity index (χ0v) is 23.7. The highest BCUT2D eigenvalue weighted by atomic mass is 127. The third kappa shape index (κ3) is 8.50. The molecule has 0 aliphatic rings. The van der Waals surface area contributed by atoms with Crippen LogP contribution in [0, 0.1) is 3.57 Å². The van der Waals surface area contributed by atoms with Gasteiger partial charge in [0.2, 0.25) is 0 Å². The van der Waals surface area contributed by atoms with E-state index in [2.05, 4.69) is 21.2 Å². The number of carbonyl (C=O) groups excluding carboxylic acids is 3. The molecular formula is C25H21Cl2IN4O6. The molecule has 3 aromatic rings. The molecule has 0 aromatic heterocycles. The van der Waals surface area contributed by atoms with Gasteiger partial charge in [0.15, 0.2) is 18.1 Å². The number of carbonyl (C=O) groups is 3. The van der Waals surface area contributed by atoms with Crippen LogP contribution in [0.2, 0.25) is 10.0 Å². The van der Waals surface area contributed by atoms with Crippen LogP contribution in [-0.4, -0.2) is 44.8 Å². The Kier molecular flexibility index (Phi) is 10.6. The number of benzene rings is 3. The summed E-state index contributed by atoms with van der Waals surface area (Å²) in [4.78, 5) is 36.5. The normalized spacial score (nSPS) is 10.6. The standard InChI is InChI=1S/C25H21Cl2IN4O6/c1-36-19-5-3-4-17(11-19)31-24(34)25(35)32-29-12-14-6-20(28)23(21(7-14)37-2)38-13-22(33)30-18-9-15(26)8-16(27)10-18/h3-12H,13H2,1-2H3,(H,30,33)(H,31,34)(H,32,35). The van der Waals surface area contributed by atoms with Gasteiger partial charge in [-0.3, -0.25) is 14.4 Å². The molecule has 0 unspecified atom stereocenters. The Balaban J connectivity index is 1.58. The second-order valence-electron chi connectivity index (χ2n) is 7.41. The lowest BCUT2D eigenvalue weighted by Crippen LogP contribution is -2.32. The Morgan fingerprint density at radius 3 is 2.34 bits per heavy atom. The average Bonchev–Trinajstić information content (AvgIpc) is 2.87. The number of hydrogen-bond acceptors (Lipinski definition) is 7. The number of amides is 3. The van der Waals surface area contributed by atoms with Gasteiger partial charge in [-0.2, -0.15) is 5.10 Å². The number of anilines is 2. The number of rotatable bonds is 9. The number of nitrogens with one attached hydrogen (secondary N) is 3. The second kappa shape index (κ2) is 13.8. The molecule has 0 aliphatic carbocycles. The van der Waals surface area contributed by atoms with E-state index in [0.29, 0.717) is 47.8 Å². The largest absolute Gasteiger partial charge is 0.497 e. The van der Waals surface area contributed by atoms with Gasteiger partial charge in [-0.15, -0.1) is 0 Å². The fourth-order valence-corrected chi connectivity index (χ4v) is 4.33. The van der Waals surface area contributed by atoms with E-state index in [1.165, 1.54) is 20.4 Å². The van der Waals surface area contributed by atoms with Crippen molar-refractivity contribution in [3.8, 4) is 17.2 Å². The van der Waals surface area contributed by atoms with Gasteiger partial charge in [-0.05, 0) is 70.6 Å². The van der Waals surface area contributed by atoms with Crippen LogP contribution in [0.4, 0.5) is 11.4 Å². The van der Waals surface area contributed by atoms with E-state index in [9.17, 15) is 14.4 Å². The number of ether oxygens (including phenoxy) is 3. The van der Waals surface area contributed by atoms with Gasteiger partial charge >= 0.3 is 11.8 Å². The molecule has 0 bridgehead atoms. The van der Waals surface area contributed by atoms with Crippen molar-refractivity contribution in [3.63, 3.8) is 0 Å². The Bertz CT molecular complexity index is 1370. The Labute approximate surface area is 241 Å². The molecule has 3 amide bonds. The number of halogens is 3. The molecule has 0 radical (unpaired) electrons. The Hall–Kier alpha value is -3.55. The Morgan fingerprint density at radius 2 is 1.66 bits per heavy atom. The van der Waals surface area contributed by atoms with E-state index in [1.54, 1.807) is 54.6 Å². The average molecular weight is 671 g/mol. The summed E-state index contributed by atoms with van der Waals surface area (Å²) < 4.78 is 16.7. The molecule has 0 saturated heterocycles. The van der Waals surface area contributed by atoms with Crippen LogP contribution in [0.3, 0.4) is 0 Å². The quantitative estimate of drug-likeness (QED) is 0.131. The molecule has 10 nitrogen and oxygen atoms in total. The number of methoxy groups -OCH3 is 2. The highest BCUT2D eigenvalue weighted by molar-refractivity contribution is 14.1. The van der Waals surface area contributed by atoms with Crippen LogP contribution in [0.25, 0.3) is 0 Å². The molecule has 0 atom stereocenters. The minimum atomic E-state index is -0.960. The van der Waals surface area contributed by atoms with Crippen LogP contribution in [0.1, 0.15) is 5.56 Å². The third-order valence-electron chi connectivity index (χ3n) is 4.66. The molecule has 0 aliphatic heterocycles. The first kappa shape index (κ1) is 29.0. The van der Waals surface area contributed by atoms with Crippen molar-refractivity contribution in [1.82, 2.24) is 5.43 Å². The van der Waals surface area contributed by atoms with Crippen molar-refractivity contribution in [2.45, 2.75) is 0 Å². The van der Waals surface area contributed by atoms with Crippen molar-refractivity contribution in [3.05, 3.63) is 73.8 Å². The maximum atomic E-state index is 12.3. The molecule has 0 fully saturated rings. The highest BCUT2D eigenvalue weighted by Crippen LogP contribution is 2.33. The summed E-state index contributed by atoms with van der Waals surface area (Å²) >= 11 is 13.9. The lowest BCUT2D eigenvalue weighted by atomic mass is 10.2. The third-order valence-corrected chi connectivity index (χ3v) is 5.90.